The van der Waals surface area contributed by atoms with Crippen LogP contribution < -0.4 is 5.73 Å². The third kappa shape index (κ3) is 1.21. The first kappa shape index (κ1) is 8.07. The van der Waals surface area contributed by atoms with Gasteiger partial charge in [-0.1, -0.05) is 0 Å². The lowest BCUT2D eigenvalue weighted by Gasteiger charge is -1.86. The summed E-state index contributed by atoms with van der Waals surface area (Å²) < 4.78 is 0. The second-order valence-electron chi connectivity index (χ2n) is 2.17. The van der Waals surface area contributed by atoms with E-state index in [-0.39, 0.29) is 17.0 Å². The van der Waals surface area contributed by atoms with Gasteiger partial charge in [-0.05, 0) is 6.07 Å². The van der Waals surface area contributed by atoms with E-state index in [1.807, 2.05) is 6.07 Å². The van der Waals surface area contributed by atoms with Crippen molar-refractivity contribution in [2.75, 3.05) is 5.73 Å². The highest BCUT2D eigenvalue weighted by Crippen LogP contribution is 2.17. The van der Waals surface area contributed by atoms with E-state index in [2.05, 4.69) is 9.97 Å². The molecule has 0 aromatic carbocycles. The number of nitrogens with two attached hydrogens (primary N) is 1. The number of nitrogen functional groups attached to an aromatic ring is 1. The summed E-state index contributed by atoms with van der Waals surface area (Å²) >= 11 is 0. The van der Waals surface area contributed by atoms with E-state index in [9.17, 15) is 0 Å². The summed E-state index contributed by atoms with van der Waals surface area (Å²) in [7, 11) is 0. The third-order valence-electron chi connectivity index (χ3n) is 1.52. The smallest absolute Gasteiger partial charge is 0.0661 e. The maximum absolute atomic E-state index is 5.62. The van der Waals surface area contributed by atoms with Crippen LogP contribution in [0.2, 0.25) is 0 Å². The van der Waals surface area contributed by atoms with Crippen molar-refractivity contribution >= 4 is 33.6 Å². The molecule has 0 aliphatic rings. The quantitative estimate of drug-likeness (QED) is 0.701. The predicted molar refractivity (Wildman–Crippen MR) is 50.8 cm³/mol. The lowest BCUT2D eigenvalue weighted by molar-refractivity contribution is 1.34. The number of aromatic nitrogens is 2. The highest BCUT2D eigenvalue weighted by atomic mass is 79.9. The van der Waals surface area contributed by atoms with E-state index < -0.39 is 0 Å². The molecule has 0 bridgehead atoms. The molecule has 0 aliphatic heterocycles. The number of rotatable bonds is 0. The van der Waals surface area contributed by atoms with Gasteiger partial charge in [0, 0.05) is 17.8 Å². The summed E-state index contributed by atoms with van der Waals surface area (Å²) in [5.41, 5.74) is 7.38. The number of fused-ring (bicyclic) bond motifs is 1. The fourth-order valence-electron chi connectivity index (χ4n) is 0.994. The van der Waals surface area contributed by atoms with Gasteiger partial charge >= 0.3 is 0 Å². The zero-order valence-electron chi connectivity index (χ0n) is 5.74. The maximum atomic E-state index is 5.62. The molecule has 0 atom stereocenters. The highest BCUT2D eigenvalue weighted by molar-refractivity contribution is 8.93. The van der Waals surface area contributed by atoms with E-state index in [1.54, 1.807) is 18.6 Å². The molecule has 2 heterocycles. The highest BCUT2D eigenvalue weighted by Gasteiger charge is 1.95. The number of nitrogens with one attached hydrogen (secondary N) is 1. The molecule has 4 heteroatoms. The van der Waals surface area contributed by atoms with Gasteiger partial charge in [-0.15, -0.1) is 17.0 Å². The SMILES string of the molecule is Br.Nc1c[nH]c2cnccc12. The van der Waals surface area contributed by atoms with E-state index >= 15 is 0 Å². The molecule has 0 spiro atoms. The van der Waals surface area contributed by atoms with Gasteiger partial charge in [-0.25, -0.2) is 0 Å². The molecule has 0 radical (unpaired) electrons. The number of halogens is 1. The molecule has 0 unspecified atom stereocenters. The number of nitrogens with zero attached hydrogens (tertiary/aromatic N) is 1. The number of hydrogen-bond acceptors (Lipinski definition) is 2. The molecule has 2 rings (SSSR count). The van der Waals surface area contributed by atoms with Crippen LogP contribution in [0.25, 0.3) is 10.9 Å². The van der Waals surface area contributed by atoms with Crippen LogP contribution in [0.4, 0.5) is 5.69 Å². The van der Waals surface area contributed by atoms with Crippen LogP contribution in [-0.2, 0) is 0 Å². The largest absolute Gasteiger partial charge is 0.397 e. The molecule has 0 saturated heterocycles. The molecule has 2 aromatic rings. The first-order valence-corrected chi connectivity index (χ1v) is 3.04. The van der Waals surface area contributed by atoms with Gasteiger partial charge in [0.05, 0.1) is 17.4 Å². The van der Waals surface area contributed by atoms with Crippen molar-refractivity contribution in [3.05, 3.63) is 24.7 Å². The number of pyridine rings is 1. The van der Waals surface area contributed by atoms with E-state index in [0.717, 1.165) is 16.6 Å². The van der Waals surface area contributed by atoms with Crippen LogP contribution in [0.1, 0.15) is 0 Å². The second-order valence-corrected chi connectivity index (χ2v) is 2.17. The van der Waals surface area contributed by atoms with Crippen molar-refractivity contribution in [2.24, 2.45) is 0 Å². The summed E-state index contributed by atoms with van der Waals surface area (Å²) in [5.74, 6) is 0. The summed E-state index contributed by atoms with van der Waals surface area (Å²) in [6, 6.07) is 1.89. The molecule has 11 heavy (non-hydrogen) atoms. The Bertz CT molecular complexity index is 355. The predicted octanol–water partition coefficient (Wildman–Crippen LogP) is 1.72. The van der Waals surface area contributed by atoms with Gasteiger partial charge < -0.3 is 10.7 Å². The molecule has 58 valence electrons. The van der Waals surface area contributed by atoms with Crippen molar-refractivity contribution in [2.45, 2.75) is 0 Å². The minimum absolute atomic E-state index is 0. The molecule has 3 nitrogen and oxygen atoms in total. The second kappa shape index (κ2) is 2.92. The monoisotopic (exact) mass is 213 g/mol. The molecule has 0 fully saturated rings. The van der Waals surface area contributed by atoms with Gasteiger partial charge in [0.15, 0.2) is 0 Å². The molecule has 0 saturated carbocycles. The fourth-order valence-corrected chi connectivity index (χ4v) is 0.994. The summed E-state index contributed by atoms with van der Waals surface area (Å²) in [6.45, 7) is 0. The third-order valence-corrected chi connectivity index (χ3v) is 1.52. The Balaban J connectivity index is 0.000000605. The minimum Gasteiger partial charge on any atom is -0.397 e. The van der Waals surface area contributed by atoms with Gasteiger partial charge in [0.25, 0.3) is 0 Å². The summed E-state index contributed by atoms with van der Waals surface area (Å²) in [5, 5.41) is 1.04. The molecule has 2 aromatic heterocycles. The van der Waals surface area contributed by atoms with E-state index in [4.69, 9.17) is 5.73 Å². The van der Waals surface area contributed by atoms with E-state index in [1.165, 1.54) is 0 Å². The van der Waals surface area contributed by atoms with Crippen LogP contribution in [0, 0.1) is 0 Å². The Morgan fingerprint density at radius 1 is 1.45 bits per heavy atom. The van der Waals surface area contributed by atoms with Crippen LogP contribution in [0.3, 0.4) is 0 Å². The van der Waals surface area contributed by atoms with Gasteiger partial charge in [-0.2, -0.15) is 0 Å². The average Bonchev–Trinajstić information content (AvgIpc) is 2.34. The number of aromatic amines is 1. The maximum Gasteiger partial charge on any atom is 0.0661 e. The molecular weight excluding hydrogens is 206 g/mol. The Hall–Kier alpha value is -1.03. The zero-order chi connectivity index (χ0) is 6.97. The van der Waals surface area contributed by atoms with Crippen LogP contribution in [-0.4, -0.2) is 9.97 Å². The minimum atomic E-state index is 0. The Morgan fingerprint density at radius 2 is 2.27 bits per heavy atom. The van der Waals surface area contributed by atoms with Gasteiger partial charge in [0.2, 0.25) is 0 Å². The molecule has 0 amide bonds. The first-order valence-electron chi connectivity index (χ1n) is 3.04. The Labute approximate surface area is 74.4 Å². The normalized spacial score (nSPS) is 9.45. The first-order chi connectivity index (χ1) is 4.88. The lowest BCUT2D eigenvalue weighted by atomic mass is 10.3. The summed E-state index contributed by atoms with van der Waals surface area (Å²) in [4.78, 5) is 6.94. The Kier molecular flexibility index (Phi) is 2.14. The molecular formula is C7H8BrN3. The van der Waals surface area contributed by atoms with Gasteiger partial charge in [0.1, 0.15) is 0 Å². The van der Waals surface area contributed by atoms with Crippen molar-refractivity contribution in [3.63, 3.8) is 0 Å². The zero-order valence-corrected chi connectivity index (χ0v) is 7.46. The topological polar surface area (TPSA) is 54.7 Å². The molecule has 3 N–H and O–H groups in total. The van der Waals surface area contributed by atoms with Crippen LogP contribution in [0.5, 0.6) is 0 Å². The van der Waals surface area contributed by atoms with Crippen LogP contribution in [0.15, 0.2) is 24.7 Å². The lowest BCUT2D eigenvalue weighted by Crippen LogP contribution is -1.79. The Morgan fingerprint density at radius 3 is 3.00 bits per heavy atom. The van der Waals surface area contributed by atoms with Crippen molar-refractivity contribution in [1.82, 2.24) is 9.97 Å². The standard InChI is InChI=1S/C7H7N3.BrH/c8-6-3-10-7-4-9-2-1-5(6)7;/h1-4,10H,8H2;1H. The average molecular weight is 214 g/mol. The van der Waals surface area contributed by atoms with Crippen molar-refractivity contribution < 1.29 is 0 Å². The summed E-state index contributed by atoms with van der Waals surface area (Å²) in [6.07, 6.45) is 5.25. The van der Waals surface area contributed by atoms with Crippen LogP contribution >= 0.6 is 17.0 Å². The van der Waals surface area contributed by atoms with Gasteiger partial charge in [-0.3, -0.25) is 4.98 Å². The van der Waals surface area contributed by atoms with E-state index in [0.29, 0.717) is 0 Å². The molecule has 0 aliphatic carbocycles. The number of hydrogen-bond donors (Lipinski definition) is 2. The fraction of sp³-hybridized carbons (Fsp3) is 0. The van der Waals surface area contributed by atoms with Crippen molar-refractivity contribution in [1.29, 1.82) is 0 Å². The number of H-pyrrole nitrogens is 1. The number of anilines is 1. The van der Waals surface area contributed by atoms with Crippen molar-refractivity contribution in [3.8, 4) is 0 Å².